The number of para-hydroxylation sites is 3. The first kappa shape index (κ1) is 33.3. The van der Waals surface area contributed by atoms with E-state index in [4.69, 9.17) is 4.98 Å². The quantitative estimate of drug-likeness (QED) is 0.176. The standard InChI is InChI=1S/C53H36N2O2S/c1-52(2)41-22-10-8-21-38(41)40-31-46-50(32-44(40)52)58(56,57)49-27-15-12-24-43(49)53(46)42-23-11-9-20-37(42)35-18-6-7-19-36(35)39-29-28-33(30-45(39)53)51-54-47-25-13-14-26-48(47)55(51)34-16-4-3-5-17-34/h3-32H,1-2H3. The summed E-state index contributed by atoms with van der Waals surface area (Å²) in [5.41, 5.74) is 14.8. The van der Waals surface area contributed by atoms with Crippen LogP contribution in [0, 0.1) is 0 Å². The number of sulfone groups is 1. The molecule has 276 valence electrons. The van der Waals surface area contributed by atoms with Gasteiger partial charge in [0.15, 0.2) is 0 Å². The molecule has 0 saturated heterocycles. The molecule has 12 rings (SSSR count). The molecule has 2 heterocycles. The van der Waals surface area contributed by atoms with E-state index in [-0.39, 0.29) is 5.41 Å². The lowest BCUT2D eigenvalue weighted by atomic mass is 9.62. The van der Waals surface area contributed by atoms with Crippen LogP contribution < -0.4 is 0 Å². The first-order valence-electron chi connectivity index (χ1n) is 19.8. The summed E-state index contributed by atoms with van der Waals surface area (Å²) in [6.45, 7) is 4.42. The van der Waals surface area contributed by atoms with E-state index in [1.807, 2.05) is 42.5 Å². The van der Waals surface area contributed by atoms with Crippen molar-refractivity contribution >= 4 is 20.9 Å². The van der Waals surface area contributed by atoms with Crippen LogP contribution in [-0.2, 0) is 20.7 Å². The summed E-state index contributed by atoms with van der Waals surface area (Å²) >= 11 is 0. The second-order valence-electron chi connectivity index (χ2n) is 16.3. The third kappa shape index (κ3) is 4.18. The molecule has 0 N–H and O–H groups in total. The van der Waals surface area contributed by atoms with Gasteiger partial charge in [-0.05, 0) is 115 Å². The van der Waals surface area contributed by atoms with Crippen LogP contribution in [0.25, 0.3) is 61.5 Å². The van der Waals surface area contributed by atoms with Crippen molar-refractivity contribution < 1.29 is 8.42 Å². The number of imidazole rings is 1. The van der Waals surface area contributed by atoms with E-state index in [1.165, 1.54) is 5.56 Å². The Labute approximate surface area is 337 Å². The van der Waals surface area contributed by atoms with Gasteiger partial charge in [-0.25, -0.2) is 13.4 Å². The van der Waals surface area contributed by atoms with Gasteiger partial charge in [0.1, 0.15) is 5.82 Å². The van der Waals surface area contributed by atoms with Crippen LogP contribution in [-0.4, -0.2) is 18.0 Å². The summed E-state index contributed by atoms with van der Waals surface area (Å²) in [5.74, 6) is 0.817. The lowest BCUT2D eigenvalue weighted by Gasteiger charge is -2.43. The minimum atomic E-state index is -3.96. The monoisotopic (exact) mass is 764 g/mol. The third-order valence-corrected chi connectivity index (χ3v) is 14.9. The van der Waals surface area contributed by atoms with Crippen LogP contribution in [0.2, 0.25) is 0 Å². The smallest absolute Gasteiger partial charge is 0.207 e. The molecule has 1 aliphatic heterocycles. The Morgan fingerprint density at radius 1 is 0.448 bits per heavy atom. The van der Waals surface area contributed by atoms with Crippen LogP contribution in [0.5, 0.6) is 0 Å². The van der Waals surface area contributed by atoms with Crippen molar-refractivity contribution in [3.63, 3.8) is 0 Å². The van der Waals surface area contributed by atoms with Crippen LogP contribution >= 0.6 is 0 Å². The van der Waals surface area contributed by atoms with Gasteiger partial charge >= 0.3 is 0 Å². The lowest BCUT2D eigenvalue weighted by Crippen LogP contribution is -2.38. The van der Waals surface area contributed by atoms with E-state index < -0.39 is 15.3 Å². The second kappa shape index (κ2) is 11.6. The third-order valence-electron chi connectivity index (χ3n) is 13.1. The molecule has 2 aliphatic carbocycles. The fourth-order valence-electron chi connectivity index (χ4n) is 10.5. The van der Waals surface area contributed by atoms with Crippen LogP contribution in [0.4, 0.5) is 0 Å². The van der Waals surface area contributed by atoms with Gasteiger partial charge in [-0.3, -0.25) is 4.57 Å². The molecule has 0 fully saturated rings. The van der Waals surface area contributed by atoms with Gasteiger partial charge in [0.05, 0.1) is 26.2 Å². The van der Waals surface area contributed by atoms with E-state index >= 15 is 8.42 Å². The zero-order valence-corrected chi connectivity index (χ0v) is 32.8. The van der Waals surface area contributed by atoms with Crippen molar-refractivity contribution in [1.82, 2.24) is 9.55 Å². The summed E-state index contributed by atoms with van der Waals surface area (Å²) in [6, 6.07) is 63.1. The maximum atomic E-state index is 15.3. The second-order valence-corrected chi connectivity index (χ2v) is 18.1. The van der Waals surface area contributed by atoms with E-state index in [1.54, 1.807) is 0 Å². The van der Waals surface area contributed by atoms with Gasteiger partial charge in [0.25, 0.3) is 0 Å². The normalized spacial score (nSPS) is 17.3. The van der Waals surface area contributed by atoms with Crippen molar-refractivity contribution in [2.45, 2.75) is 34.5 Å². The predicted octanol–water partition coefficient (Wildman–Crippen LogP) is 12.2. The molecule has 1 atom stereocenters. The zero-order chi connectivity index (χ0) is 39.0. The number of hydrogen-bond acceptors (Lipinski definition) is 3. The van der Waals surface area contributed by atoms with Gasteiger partial charge in [-0.1, -0.05) is 147 Å². The predicted molar refractivity (Wildman–Crippen MR) is 232 cm³/mol. The van der Waals surface area contributed by atoms with Crippen molar-refractivity contribution in [3.8, 4) is 50.5 Å². The molecule has 0 amide bonds. The van der Waals surface area contributed by atoms with Crippen molar-refractivity contribution in [1.29, 1.82) is 0 Å². The number of rotatable bonds is 2. The zero-order valence-electron chi connectivity index (χ0n) is 31.9. The molecule has 0 bridgehead atoms. The summed E-state index contributed by atoms with van der Waals surface area (Å²) in [4.78, 5) is 6.02. The fourth-order valence-corrected chi connectivity index (χ4v) is 12.3. The fraction of sp³-hybridized carbons (Fsp3) is 0.0755. The van der Waals surface area contributed by atoms with E-state index in [9.17, 15) is 0 Å². The summed E-state index contributed by atoms with van der Waals surface area (Å²) < 4.78 is 32.9. The Bertz CT molecular complexity index is 3340. The molecule has 0 saturated carbocycles. The Balaban J connectivity index is 1.28. The summed E-state index contributed by atoms with van der Waals surface area (Å²) in [6.07, 6.45) is 0. The maximum Gasteiger partial charge on any atom is 0.207 e. The van der Waals surface area contributed by atoms with Crippen LogP contribution in [0.1, 0.15) is 47.2 Å². The largest absolute Gasteiger partial charge is 0.292 e. The SMILES string of the molecule is CC1(C)c2ccccc2-c2cc3c(cc21)S(=O)(=O)c1ccccc1C31c2ccccc2-c2ccccc2-c2ccc(-c3nc4ccccc4n3-c3ccccc3)cc21. The Morgan fingerprint density at radius 2 is 1.03 bits per heavy atom. The first-order chi connectivity index (χ1) is 28.3. The highest BCUT2D eigenvalue weighted by Crippen LogP contribution is 2.62. The van der Waals surface area contributed by atoms with E-state index in [0.29, 0.717) is 9.79 Å². The number of fused-ring (bicyclic) bond motifs is 15. The lowest BCUT2D eigenvalue weighted by molar-refractivity contribution is 0.577. The van der Waals surface area contributed by atoms with E-state index in [0.717, 1.165) is 89.3 Å². The van der Waals surface area contributed by atoms with Gasteiger partial charge in [0.2, 0.25) is 9.84 Å². The minimum absolute atomic E-state index is 0.337. The molecule has 58 heavy (non-hydrogen) atoms. The number of hydrogen-bond donors (Lipinski definition) is 0. The average molecular weight is 765 g/mol. The topological polar surface area (TPSA) is 52.0 Å². The Morgan fingerprint density at radius 3 is 1.79 bits per heavy atom. The van der Waals surface area contributed by atoms with Crippen molar-refractivity contribution in [2.75, 3.05) is 0 Å². The molecule has 1 unspecified atom stereocenters. The van der Waals surface area contributed by atoms with Crippen LogP contribution in [0.3, 0.4) is 0 Å². The molecular weight excluding hydrogens is 729 g/mol. The summed E-state index contributed by atoms with van der Waals surface area (Å²) in [5, 5.41) is 0. The molecular formula is C53H36N2O2S. The number of nitrogens with zero attached hydrogens (tertiary/aromatic N) is 2. The molecule has 1 spiro atoms. The minimum Gasteiger partial charge on any atom is -0.292 e. The first-order valence-corrected chi connectivity index (χ1v) is 21.3. The Kier molecular flexibility index (Phi) is 6.68. The molecule has 3 aliphatic rings. The van der Waals surface area contributed by atoms with E-state index in [2.05, 4.69) is 158 Å². The highest BCUT2D eigenvalue weighted by Gasteiger charge is 2.53. The molecule has 4 nitrogen and oxygen atoms in total. The maximum absolute atomic E-state index is 15.3. The molecule has 5 heteroatoms. The Hall–Kier alpha value is -6.82. The van der Waals surface area contributed by atoms with Crippen LogP contribution in [0.15, 0.2) is 192 Å². The number of benzene rings is 8. The van der Waals surface area contributed by atoms with Gasteiger partial charge in [-0.2, -0.15) is 0 Å². The highest BCUT2D eigenvalue weighted by molar-refractivity contribution is 7.91. The molecule has 9 aromatic rings. The van der Waals surface area contributed by atoms with Crippen molar-refractivity contribution in [3.05, 3.63) is 215 Å². The number of aromatic nitrogens is 2. The van der Waals surface area contributed by atoms with Gasteiger partial charge in [-0.15, -0.1) is 0 Å². The molecule has 8 aromatic carbocycles. The average Bonchev–Trinajstić information content (AvgIpc) is 3.73. The van der Waals surface area contributed by atoms with Gasteiger partial charge < -0.3 is 0 Å². The molecule has 1 aromatic heterocycles. The van der Waals surface area contributed by atoms with Crippen molar-refractivity contribution in [2.24, 2.45) is 0 Å². The highest BCUT2D eigenvalue weighted by atomic mass is 32.2. The summed E-state index contributed by atoms with van der Waals surface area (Å²) in [7, 11) is -3.96. The van der Waals surface area contributed by atoms with Gasteiger partial charge in [0, 0.05) is 16.7 Å². The molecule has 0 radical (unpaired) electrons.